The molecule has 0 aliphatic carbocycles. The summed E-state index contributed by atoms with van der Waals surface area (Å²) >= 11 is 0. The first-order valence-corrected chi connectivity index (χ1v) is 9.83. The van der Waals surface area contributed by atoms with E-state index in [0.29, 0.717) is 5.92 Å². The minimum Gasteiger partial charge on any atom is -0.395 e. The molecular formula is C19H39NO3. The third-order valence-electron chi connectivity index (χ3n) is 5.52. The van der Waals surface area contributed by atoms with Crippen LogP contribution in [-0.2, 0) is 0 Å². The van der Waals surface area contributed by atoms with Crippen LogP contribution in [0.4, 0.5) is 0 Å². The second-order valence-corrected chi connectivity index (χ2v) is 7.41. The summed E-state index contributed by atoms with van der Waals surface area (Å²) in [5, 5.41) is 31.8. The van der Waals surface area contributed by atoms with Gasteiger partial charge in [0.25, 0.3) is 0 Å². The highest BCUT2D eigenvalue weighted by Gasteiger charge is 2.37. The fourth-order valence-electron chi connectivity index (χ4n) is 3.38. The van der Waals surface area contributed by atoms with Gasteiger partial charge in [0, 0.05) is 6.04 Å². The van der Waals surface area contributed by atoms with Crippen LogP contribution in [0.15, 0.2) is 0 Å². The van der Waals surface area contributed by atoms with Crippen LogP contribution in [0.5, 0.6) is 0 Å². The maximum atomic E-state index is 9.90. The molecule has 0 saturated carbocycles. The molecular weight excluding hydrogens is 290 g/mol. The smallest absolute Gasteiger partial charge is 0.0868 e. The van der Waals surface area contributed by atoms with E-state index in [0.717, 1.165) is 32.1 Å². The number of aliphatic hydroxyl groups excluding tert-OH is 3. The van der Waals surface area contributed by atoms with Gasteiger partial charge >= 0.3 is 0 Å². The molecule has 138 valence electrons. The molecule has 0 aromatic heterocycles. The van der Waals surface area contributed by atoms with Crippen molar-refractivity contribution < 1.29 is 15.3 Å². The van der Waals surface area contributed by atoms with Crippen molar-refractivity contribution in [2.24, 2.45) is 5.92 Å². The van der Waals surface area contributed by atoms with E-state index in [1.54, 1.807) is 0 Å². The predicted octanol–water partition coefficient (Wildman–Crippen LogP) is 2.99. The lowest BCUT2D eigenvalue weighted by Gasteiger charge is -2.42. The first kappa shape index (κ1) is 20.9. The maximum absolute atomic E-state index is 9.90. The van der Waals surface area contributed by atoms with Gasteiger partial charge in [-0.3, -0.25) is 0 Å². The quantitative estimate of drug-likeness (QED) is 0.370. The van der Waals surface area contributed by atoms with E-state index in [9.17, 15) is 10.2 Å². The van der Waals surface area contributed by atoms with Crippen LogP contribution in [-0.4, -0.2) is 46.2 Å². The Hall–Kier alpha value is -0.160. The molecule has 0 amide bonds. The average Bonchev–Trinajstić information content (AvgIpc) is 2.56. The van der Waals surface area contributed by atoms with Crippen LogP contribution >= 0.6 is 0 Å². The fraction of sp³-hybridized carbons (Fsp3) is 1.00. The molecule has 4 heteroatoms. The van der Waals surface area contributed by atoms with Crippen molar-refractivity contribution in [2.45, 2.75) is 109 Å². The normalized spacial score (nSPS) is 26.7. The third-order valence-corrected chi connectivity index (χ3v) is 5.52. The highest BCUT2D eigenvalue weighted by Crippen LogP contribution is 2.19. The van der Waals surface area contributed by atoms with Gasteiger partial charge in [-0.15, -0.1) is 0 Å². The van der Waals surface area contributed by atoms with E-state index >= 15 is 0 Å². The molecule has 5 atom stereocenters. The van der Waals surface area contributed by atoms with Gasteiger partial charge in [0.05, 0.1) is 24.9 Å². The molecule has 1 aliphatic rings. The molecule has 1 heterocycles. The highest BCUT2D eigenvalue weighted by atomic mass is 16.3. The Labute approximate surface area is 142 Å². The number of rotatable bonds is 14. The number of hydrogen-bond acceptors (Lipinski definition) is 4. The standard InChI is InChI=1S/C19H39NO3/c1-3-15(2)18(22)13-11-9-7-5-4-6-8-10-12-16-19(23)17(14-21)20-16/h15-23H,3-14H2,1-2H3. The lowest BCUT2D eigenvalue weighted by atomic mass is 9.89. The summed E-state index contributed by atoms with van der Waals surface area (Å²) in [4.78, 5) is 0. The van der Waals surface area contributed by atoms with Crippen molar-refractivity contribution in [3.63, 3.8) is 0 Å². The average molecular weight is 330 g/mol. The van der Waals surface area contributed by atoms with Gasteiger partial charge in [-0.1, -0.05) is 71.6 Å². The molecule has 0 aromatic rings. The molecule has 1 rings (SSSR count). The van der Waals surface area contributed by atoms with Gasteiger partial charge < -0.3 is 20.6 Å². The Bertz CT molecular complexity index is 288. The molecule has 1 saturated heterocycles. The number of unbranched alkanes of at least 4 members (excludes halogenated alkanes) is 7. The van der Waals surface area contributed by atoms with Crippen LogP contribution in [0.1, 0.15) is 84.5 Å². The van der Waals surface area contributed by atoms with Crippen molar-refractivity contribution >= 4 is 0 Å². The minimum absolute atomic E-state index is 0.0338. The molecule has 0 radical (unpaired) electrons. The van der Waals surface area contributed by atoms with Gasteiger partial charge in [0.15, 0.2) is 0 Å². The molecule has 0 spiro atoms. The van der Waals surface area contributed by atoms with Crippen LogP contribution < -0.4 is 5.32 Å². The van der Waals surface area contributed by atoms with Gasteiger partial charge in [0.1, 0.15) is 0 Å². The number of nitrogens with one attached hydrogen (secondary N) is 1. The summed E-state index contributed by atoms with van der Waals surface area (Å²) in [6, 6.07) is 0.0999. The highest BCUT2D eigenvalue weighted by molar-refractivity contribution is 4.97. The Morgan fingerprint density at radius 2 is 1.48 bits per heavy atom. The predicted molar refractivity (Wildman–Crippen MR) is 95.4 cm³/mol. The molecule has 1 aliphatic heterocycles. The molecule has 1 fully saturated rings. The summed E-state index contributed by atoms with van der Waals surface area (Å²) < 4.78 is 0. The molecule has 5 unspecified atom stereocenters. The number of hydrogen-bond donors (Lipinski definition) is 4. The monoisotopic (exact) mass is 329 g/mol. The zero-order valence-corrected chi connectivity index (χ0v) is 15.2. The Kier molecular flexibility index (Phi) is 11.1. The first-order valence-electron chi connectivity index (χ1n) is 9.83. The lowest BCUT2D eigenvalue weighted by Crippen LogP contribution is -2.66. The van der Waals surface area contributed by atoms with E-state index in [2.05, 4.69) is 19.2 Å². The first-order chi connectivity index (χ1) is 11.1. The van der Waals surface area contributed by atoms with Crippen LogP contribution in [0.3, 0.4) is 0 Å². The molecule has 4 nitrogen and oxygen atoms in total. The van der Waals surface area contributed by atoms with E-state index in [1.807, 2.05) is 0 Å². The summed E-state index contributed by atoms with van der Waals surface area (Å²) in [6.07, 6.45) is 12.5. The molecule has 0 aromatic carbocycles. The SMILES string of the molecule is CCC(C)C(O)CCCCCCCCCCC1NC(CO)C1O. The van der Waals surface area contributed by atoms with Crippen molar-refractivity contribution in [3.8, 4) is 0 Å². The van der Waals surface area contributed by atoms with Crippen LogP contribution in [0.25, 0.3) is 0 Å². The zero-order valence-electron chi connectivity index (χ0n) is 15.2. The van der Waals surface area contributed by atoms with E-state index < -0.39 is 0 Å². The number of aliphatic hydroxyl groups is 3. The van der Waals surface area contributed by atoms with Gasteiger partial charge in [0.2, 0.25) is 0 Å². The van der Waals surface area contributed by atoms with Crippen molar-refractivity contribution in [3.05, 3.63) is 0 Å². The lowest BCUT2D eigenvalue weighted by molar-refractivity contribution is -0.0192. The van der Waals surface area contributed by atoms with Crippen molar-refractivity contribution in [2.75, 3.05) is 6.61 Å². The topological polar surface area (TPSA) is 72.7 Å². The second kappa shape index (κ2) is 12.2. The van der Waals surface area contributed by atoms with Gasteiger partial charge in [-0.25, -0.2) is 0 Å². The van der Waals surface area contributed by atoms with Crippen LogP contribution in [0.2, 0.25) is 0 Å². The molecule has 0 bridgehead atoms. The second-order valence-electron chi connectivity index (χ2n) is 7.41. The summed E-state index contributed by atoms with van der Waals surface area (Å²) in [7, 11) is 0. The van der Waals surface area contributed by atoms with E-state index in [4.69, 9.17) is 5.11 Å². The van der Waals surface area contributed by atoms with Crippen LogP contribution in [0, 0.1) is 5.92 Å². The van der Waals surface area contributed by atoms with Gasteiger partial charge in [-0.05, 0) is 18.8 Å². The molecule has 4 N–H and O–H groups in total. The summed E-state index contributed by atoms with van der Waals surface area (Å²) in [5.41, 5.74) is 0. The Balaban J connectivity index is 1.80. The van der Waals surface area contributed by atoms with Gasteiger partial charge in [-0.2, -0.15) is 0 Å². The fourth-order valence-corrected chi connectivity index (χ4v) is 3.38. The molecule has 23 heavy (non-hydrogen) atoms. The largest absolute Gasteiger partial charge is 0.395 e. The van der Waals surface area contributed by atoms with E-state index in [1.165, 1.54) is 38.5 Å². The summed E-state index contributed by atoms with van der Waals surface area (Å²) in [5.74, 6) is 0.436. The van der Waals surface area contributed by atoms with Crippen molar-refractivity contribution in [1.82, 2.24) is 5.32 Å². The Morgan fingerprint density at radius 1 is 0.913 bits per heavy atom. The maximum Gasteiger partial charge on any atom is 0.0868 e. The van der Waals surface area contributed by atoms with Crippen molar-refractivity contribution in [1.29, 1.82) is 0 Å². The zero-order chi connectivity index (χ0) is 17.1. The third kappa shape index (κ3) is 7.97. The van der Waals surface area contributed by atoms with E-state index in [-0.39, 0.29) is 30.9 Å². The Morgan fingerprint density at radius 3 is 2.00 bits per heavy atom. The minimum atomic E-state index is -0.356. The summed E-state index contributed by atoms with van der Waals surface area (Å²) in [6.45, 7) is 4.30.